The highest BCUT2D eigenvalue weighted by atomic mass is 15.3. The van der Waals surface area contributed by atoms with Crippen LogP contribution in [0.1, 0.15) is 23.9 Å². The number of aryl methyl sites for hydroxylation is 2. The van der Waals surface area contributed by atoms with Gasteiger partial charge in [-0.2, -0.15) is 0 Å². The molecule has 2 heterocycles. The van der Waals surface area contributed by atoms with E-state index in [0.717, 1.165) is 56.6 Å². The van der Waals surface area contributed by atoms with Gasteiger partial charge in [-0.25, -0.2) is 9.97 Å². The topological polar surface area (TPSA) is 44.3 Å². The molecule has 0 amide bonds. The third-order valence-electron chi connectivity index (χ3n) is 3.75. The van der Waals surface area contributed by atoms with E-state index in [4.69, 9.17) is 9.97 Å². The van der Waals surface area contributed by atoms with Gasteiger partial charge in [0.05, 0.1) is 0 Å². The largest absolute Gasteiger partial charge is 0.338 e. The maximum absolute atomic E-state index is 4.69. The van der Waals surface area contributed by atoms with Crippen LogP contribution < -0.4 is 10.2 Å². The molecule has 1 N–H and O–H groups in total. The van der Waals surface area contributed by atoms with Gasteiger partial charge in [0.1, 0.15) is 0 Å². The molecule has 0 atom stereocenters. The van der Waals surface area contributed by atoms with Gasteiger partial charge in [0.15, 0.2) is 0 Å². The summed E-state index contributed by atoms with van der Waals surface area (Å²) in [5.41, 5.74) is 3.43. The average molecular weight is 263 g/mol. The van der Waals surface area contributed by atoms with Crippen molar-refractivity contribution in [3.63, 3.8) is 0 Å². The van der Waals surface area contributed by atoms with Gasteiger partial charge < -0.3 is 15.1 Å². The van der Waals surface area contributed by atoms with E-state index in [1.54, 1.807) is 0 Å². The van der Waals surface area contributed by atoms with E-state index in [1.807, 2.05) is 0 Å². The highest BCUT2D eigenvalue weighted by molar-refractivity contribution is 5.37. The second-order valence-electron chi connectivity index (χ2n) is 5.24. The predicted molar refractivity (Wildman–Crippen MR) is 78.6 cm³/mol. The molecule has 1 aromatic rings. The number of piperazine rings is 1. The first-order valence-electron chi connectivity index (χ1n) is 7.10. The number of hydrogen-bond acceptors (Lipinski definition) is 5. The second kappa shape index (κ2) is 6.30. The lowest BCUT2D eigenvalue weighted by molar-refractivity contribution is 0.311. The molecule has 0 bridgehead atoms. The van der Waals surface area contributed by atoms with Gasteiger partial charge >= 0.3 is 0 Å². The fraction of sp³-hybridized carbons (Fsp3) is 0.714. The summed E-state index contributed by atoms with van der Waals surface area (Å²) in [7, 11) is 2.16. The Morgan fingerprint density at radius 1 is 1.05 bits per heavy atom. The van der Waals surface area contributed by atoms with Crippen LogP contribution in [0.25, 0.3) is 0 Å². The number of nitrogens with zero attached hydrogens (tertiary/aromatic N) is 4. The summed E-state index contributed by atoms with van der Waals surface area (Å²) in [6, 6.07) is 0. The SMILES string of the molecule is CCNCc1c(C)nc(N2CCN(C)CC2)nc1C. The molecule has 0 spiro atoms. The van der Waals surface area contributed by atoms with Crippen LogP contribution in [0.5, 0.6) is 0 Å². The van der Waals surface area contributed by atoms with Gasteiger partial charge in [-0.1, -0.05) is 6.92 Å². The minimum atomic E-state index is 0.858. The van der Waals surface area contributed by atoms with Crippen molar-refractivity contribution in [2.75, 3.05) is 44.7 Å². The van der Waals surface area contributed by atoms with Crippen molar-refractivity contribution < 1.29 is 0 Å². The Balaban J connectivity index is 2.15. The van der Waals surface area contributed by atoms with Crippen LogP contribution in [-0.2, 0) is 6.54 Å². The van der Waals surface area contributed by atoms with Crippen LogP contribution in [0.3, 0.4) is 0 Å². The smallest absolute Gasteiger partial charge is 0.225 e. The predicted octanol–water partition coefficient (Wildman–Crippen LogP) is 0.955. The molecule has 1 aliphatic heterocycles. The Bertz CT molecular complexity index is 401. The van der Waals surface area contributed by atoms with Crippen molar-refractivity contribution >= 4 is 5.95 Å². The van der Waals surface area contributed by atoms with E-state index in [2.05, 4.69) is 42.9 Å². The van der Waals surface area contributed by atoms with Crippen molar-refractivity contribution in [1.82, 2.24) is 20.2 Å². The van der Waals surface area contributed by atoms with Crippen molar-refractivity contribution in [2.24, 2.45) is 0 Å². The zero-order valence-electron chi connectivity index (χ0n) is 12.5. The Morgan fingerprint density at radius 3 is 2.16 bits per heavy atom. The number of hydrogen-bond donors (Lipinski definition) is 1. The fourth-order valence-corrected chi connectivity index (χ4v) is 2.38. The summed E-state index contributed by atoms with van der Waals surface area (Å²) in [6.07, 6.45) is 0. The zero-order chi connectivity index (χ0) is 13.8. The summed E-state index contributed by atoms with van der Waals surface area (Å²) < 4.78 is 0. The number of anilines is 1. The third kappa shape index (κ3) is 3.42. The van der Waals surface area contributed by atoms with E-state index < -0.39 is 0 Å². The number of nitrogens with one attached hydrogen (secondary N) is 1. The lowest BCUT2D eigenvalue weighted by Crippen LogP contribution is -2.45. The first kappa shape index (κ1) is 14.2. The standard InChI is InChI=1S/C14H25N5/c1-5-15-10-13-11(2)16-14(17-12(13)3)19-8-6-18(4)7-9-19/h15H,5-10H2,1-4H3. The number of likely N-dealkylation sites (N-methyl/N-ethyl adjacent to an activating group) is 1. The molecular formula is C14H25N5. The first-order chi connectivity index (χ1) is 9.11. The molecule has 0 aliphatic carbocycles. The summed E-state index contributed by atoms with van der Waals surface area (Å²) in [4.78, 5) is 14.0. The summed E-state index contributed by atoms with van der Waals surface area (Å²) in [6.45, 7) is 12.3. The average Bonchev–Trinajstić information content (AvgIpc) is 2.38. The molecule has 0 aromatic carbocycles. The van der Waals surface area contributed by atoms with Crippen molar-refractivity contribution in [3.8, 4) is 0 Å². The van der Waals surface area contributed by atoms with Gasteiger partial charge in [-0.05, 0) is 27.4 Å². The lowest BCUT2D eigenvalue weighted by atomic mass is 10.1. The molecular weight excluding hydrogens is 238 g/mol. The van der Waals surface area contributed by atoms with Crippen molar-refractivity contribution in [3.05, 3.63) is 17.0 Å². The van der Waals surface area contributed by atoms with E-state index in [-0.39, 0.29) is 0 Å². The van der Waals surface area contributed by atoms with Crippen LogP contribution in [0.2, 0.25) is 0 Å². The molecule has 1 fully saturated rings. The van der Waals surface area contributed by atoms with Crippen LogP contribution >= 0.6 is 0 Å². The normalized spacial score (nSPS) is 16.9. The minimum absolute atomic E-state index is 0.858. The summed E-state index contributed by atoms with van der Waals surface area (Å²) in [5.74, 6) is 0.892. The third-order valence-corrected chi connectivity index (χ3v) is 3.75. The van der Waals surface area contributed by atoms with Gasteiger partial charge in [0.25, 0.3) is 0 Å². The number of aromatic nitrogens is 2. The van der Waals surface area contributed by atoms with Crippen molar-refractivity contribution in [1.29, 1.82) is 0 Å². The maximum Gasteiger partial charge on any atom is 0.225 e. The molecule has 5 heteroatoms. The Kier molecular flexibility index (Phi) is 4.71. The first-order valence-corrected chi connectivity index (χ1v) is 7.10. The highest BCUT2D eigenvalue weighted by Gasteiger charge is 2.18. The van der Waals surface area contributed by atoms with Gasteiger partial charge in [0, 0.05) is 49.7 Å². The molecule has 106 valence electrons. The Morgan fingerprint density at radius 2 is 1.63 bits per heavy atom. The Hall–Kier alpha value is -1.20. The molecule has 1 aliphatic rings. The van der Waals surface area contributed by atoms with Crippen LogP contribution in [0.15, 0.2) is 0 Å². The maximum atomic E-state index is 4.69. The van der Waals surface area contributed by atoms with Gasteiger partial charge in [0.2, 0.25) is 5.95 Å². The van der Waals surface area contributed by atoms with Gasteiger partial charge in [-0.15, -0.1) is 0 Å². The molecule has 0 unspecified atom stereocenters. The number of rotatable bonds is 4. The van der Waals surface area contributed by atoms with E-state index in [0.29, 0.717) is 0 Å². The molecule has 0 radical (unpaired) electrons. The Labute approximate surface area is 116 Å². The quantitative estimate of drug-likeness (QED) is 0.876. The second-order valence-corrected chi connectivity index (χ2v) is 5.24. The minimum Gasteiger partial charge on any atom is -0.338 e. The van der Waals surface area contributed by atoms with E-state index >= 15 is 0 Å². The van der Waals surface area contributed by atoms with Gasteiger partial charge in [-0.3, -0.25) is 0 Å². The molecule has 0 saturated carbocycles. The fourth-order valence-electron chi connectivity index (χ4n) is 2.38. The molecule has 2 rings (SSSR count). The summed E-state index contributed by atoms with van der Waals surface area (Å²) >= 11 is 0. The van der Waals surface area contributed by atoms with Crippen LogP contribution in [0, 0.1) is 13.8 Å². The van der Waals surface area contributed by atoms with E-state index in [9.17, 15) is 0 Å². The molecule has 1 aromatic heterocycles. The van der Waals surface area contributed by atoms with Crippen molar-refractivity contribution in [2.45, 2.75) is 27.3 Å². The molecule has 19 heavy (non-hydrogen) atoms. The van der Waals surface area contributed by atoms with Crippen LogP contribution in [0.4, 0.5) is 5.95 Å². The molecule has 5 nitrogen and oxygen atoms in total. The van der Waals surface area contributed by atoms with E-state index in [1.165, 1.54) is 5.56 Å². The lowest BCUT2D eigenvalue weighted by Gasteiger charge is -2.32. The van der Waals surface area contributed by atoms with Crippen LogP contribution in [-0.4, -0.2) is 54.6 Å². The summed E-state index contributed by atoms with van der Waals surface area (Å²) in [5, 5.41) is 3.35. The zero-order valence-corrected chi connectivity index (χ0v) is 12.5. The highest BCUT2D eigenvalue weighted by Crippen LogP contribution is 2.16. The molecule has 1 saturated heterocycles. The monoisotopic (exact) mass is 263 g/mol.